The number of nitrogens with zero attached hydrogens (tertiary/aromatic N) is 3. The van der Waals surface area contributed by atoms with Crippen LogP contribution in [0.4, 0.5) is 0 Å². The molecule has 0 aromatic heterocycles. The lowest BCUT2D eigenvalue weighted by Crippen LogP contribution is -2.51. The summed E-state index contributed by atoms with van der Waals surface area (Å²) in [5, 5.41) is 6.82. The van der Waals surface area contributed by atoms with Crippen LogP contribution in [-0.2, 0) is 0 Å². The molecule has 0 spiro atoms. The Bertz CT molecular complexity index is 322. The molecule has 1 unspecified atom stereocenters. The summed E-state index contributed by atoms with van der Waals surface area (Å²) in [5.41, 5.74) is 0. The molecule has 0 aromatic rings. The van der Waals surface area contributed by atoms with Crippen LogP contribution in [0, 0.1) is 5.92 Å². The van der Waals surface area contributed by atoms with Crippen LogP contribution in [0.5, 0.6) is 0 Å². The molecule has 138 valence electrons. The number of nitrogens with one attached hydrogen (secondary N) is 2. The zero-order valence-corrected chi connectivity index (χ0v) is 18.1. The third kappa shape index (κ3) is 10.4. The monoisotopic (exact) mass is 439 g/mol. The van der Waals surface area contributed by atoms with Gasteiger partial charge in [0.25, 0.3) is 0 Å². The predicted octanol–water partition coefficient (Wildman–Crippen LogP) is 2.23. The van der Waals surface area contributed by atoms with Crippen molar-refractivity contribution >= 4 is 29.9 Å². The van der Waals surface area contributed by atoms with E-state index in [0.29, 0.717) is 6.04 Å². The standard InChI is InChI=1S/C17H37N5.HI/c1-6-18-17(19-10-8-7-9-15(2)3)20-13-16-14-21(4)11-12-22(16)5;/h15-16H,6-14H2,1-5H3,(H2,18,19,20);1H. The van der Waals surface area contributed by atoms with Crippen molar-refractivity contribution in [2.75, 3.05) is 53.4 Å². The quantitative estimate of drug-likeness (QED) is 0.264. The normalized spacial score (nSPS) is 20.4. The third-order valence-corrected chi connectivity index (χ3v) is 4.29. The van der Waals surface area contributed by atoms with Gasteiger partial charge in [0.15, 0.2) is 5.96 Å². The maximum absolute atomic E-state index is 4.78. The Hall–Kier alpha value is -0.0800. The van der Waals surface area contributed by atoms with Crippen molar-refractivity contribution in [3.05, 3.63) is 0 Å². The van der Waals surface area contributed by atoms with Gasteiger partial charge in [-0.1, -0.05) is 26.7 Å². The summed E-state index contributed by atoms with van der Waals surface area (Å²) in [6.07, 6.45) is 3.82. The smallest absolute Gasteiger partial charge is 0.191 e. The minimum atomic E-state index is 0. The largest absolute Gasteiger partial charge is 0.357 e. The minimum absolute atomic E-state index is 0. The highest BCUT2D eigenvalue weighted by Gasteiger charge is 2.21. The number of likely N-dealkylation sites (N-methyl/N-ethyl adjacent to an activating group) is 2. The van der Waals surface area contributed by atoms with Gasteiger partial charge in [0, 0.05) is 38.8 Å². The number of piperazine rings is 1. The van der Waals surface area contributed by atoms with Crippen molar-refractivity contribution in [3.63, 3.8) is 0 Å². The molecule has 0 aromatic carbocycles. The Morgan fingerprint density at radius 3 is 2.57 bits per heavy atom. The van der Waals surface area contributed by atoms with Gasteiger partial charge in [-0.05, 0) is 33.4 Å². The zero-order valence-electron chi connectivity index (χ0n) is 15.8. The van der Waals surface area contributed by atoms with Crippen LogP contribution in [0.2, 0.25) is 0 Å². The SMILES string of the molecule is CCNC(=NCC1CN(C)CCN1C)NCCCCC(C)C.I. The molecular weight excluding hydrogens is 401 g/mol. The fourth-order valence-electron chi connectivity index (χ4n) is 2.72. The Kier molecular flexibility index (Phi) is 13.2. The highest BCUT2D eigenvalue weighted by atomic mass is 127. The van der Waals surface area contributed by atoms with E-state index in [9.17, 15) is 0 Å². The van der Waals surface area contributed by atoms with Gasteiger partial charge in [-0.3, -0.25) is 9.89 Å². The molecule has 5 nitrogen and oxygen atoms in total. The van der Waals surface area contributed by atoms with Gasteiger partial charge in [-0.25, -0.2) is 0 Å². The van der Waals surface area contributed by atoms with Crippen molar-refractivity contribution in [2.45, 2.75) is 46.1 Å². The molecule has 0 radical (unpaired) electrons. The summed E-state index contributed by atoms with van der Waals surface area (Å²) in [7, 11) is 4.40. The fraction of sp³-hybridized carbons (Fsp3) is 0.941. The number of unbranched alkanes of at least 4 members (excludes halogenated alkanes) is 1. The molecule has 1 aliphatic heterocycles. The molecule has 2 N–H and O–H groups in total. The van der Waals surface area contributed by atoms with Gasteiger partial charge in [0.05, 0.1) is 6.54 Å². The van der Waals surface area contributed by atoms with Gasteiger partial charge >= 0.3 is 0 Å². The number of halogens is 1. The molecule has 0 saturated carbocycles. The first kappa shape index (κ1) is 22.9. The molecule has 1 heterocycles. The molecule has 0 amide bonds. The van der Waals surface area contributed by atoms with Gasteiger partial charge in [0.1, 0.15) is 0 Å². The van der Waals surface area contributed by atoms with Crippen LogP contribution in [0.3, 0.4) is 0 Å². The van der Waals surface area contributed by atoms with Gasteiger partial charge in [-0.2, -0.15) is 0 Å². The molecule has 1 atom stereocenters. The highest BCUT2D eigenvalue weighted by Crippen LogP contribution is 2.06. The van der Waals surface area contributed by atoms with Crippen LogP contribution < -0.4 is 10.6 Å². The van der Waals surface area contributed by atoms with E-state index in [-0.39, 0.29) is 24.0 Å². The molecule has 1 saturated heterocycles. The molecule has 0 bridgehead atoms. The van der Waals surface area contributed by atoms with Crippen molar-refractivity contribution in [1.29, 1.82) is 0 Å². The fourth-order valence-corrected chi connectivity index (χ4v) is 2.72. The van der Waals surface area contributed by atoms with Gasteiger partial charge in [-0.15, -0.1) is 24.0 Å². The van der Waals surface area contributed by atoms with Crippen molar-refractivity contribution in [1.82, 2.24) is 20.4 Å². The second-order valence-electron chi connectivity index (χ2n) is 6.93. The Balaban J connectivity index is 0.00000484. The highest BCUT2D eigenvalue weighted by molar-refractivity contribution is 14.0. The van der Waals surface area contributed by atoms with E-state index in [0.717, 1.165) is 51.1 Å². The molecule has 23 heavy (non-hydrogen) atoms. The average molecular weight is 439 g/mol. The van der Waals surface area contributed by atoms with Crippen LogP contribution in [0.1, 0.15) is 40.0 Å². The average Bonchev–Trinajstić information content (AvgIpc) is 2.47. The molecule has 6 heteroatoms. The third-order valence-electron chi connectivity index (χ3n) is 4.29. The Morgan fingerprint density at radius 1 is 1.17 bits per heavy atom. The van der Waals surface area contributed by atoms with Crippen LogP contribution in [0.25, 0.3) is 0 Å². The first-order valence-corrected chi connectivity index (χ1v) is 8.93. The molecule has 1 rings (SSSR count). The minimum Gasteiger partial charge on any atom is -0.357 e. The second kappa shape index (κ2) is 13.2. The topological polar surface area (TPSA) is 42.9 Å². The van der Waals surface area contributed by atoms with E-state index in [1.54, 1.807) is 0 Å². The maximum Gasteiger partial charge on any atom is 0.191 e. The second-order valence-corrected chi connectivity index (χ2v) is 6.93. The first-order chi connectivity index (χ1) is 10.5. The van der Waals surface area contributed by atoms with Crippen LogP contribution in [-0.4, -0.2) is 75.2 Å². The number of aliphatic imine (C=N–C) groups is 1. The molecular formula is C17H38IN5. The lowest BCUT2D eigenvalue weighted by molar-refractivity contribution is 0.119. The number of hydrogen-bond acceptors (Lipinski definition) is 3. The van der Waals surface area contributed by atoms with Gasteiger partial charge < -0.3 is 15.5 Å². The number of rotatable bonds is 8. The van der Waals surface area contributed by atoms with Crippen LogP contribution in [0.15, 0.2) is 4.99 Å². The van der Waals surface area contributed by atoms with Crippen LogP contribution >= 0.6 is 24.0 Å². The van der Waals surface area contributed by atoms with E-state index < -0.39 is 0 Å². The van der Waals surface area contributed by atoms with E-state index in [1.165, 1.54) is 19.3 Å². The van der Waals surface area contributed by atoms with Crippen molar-refractivity contribution in [2.24, 2.45) is 10.9 Å². The van der Waals surface area contributed by atoms with E-state index in [2.05, 4.69) is 55.3 Å². The van der Waals surface area contributed by atoms with E-state index in [1.807, 2.05) is 0 Å². The molecule has 1 aliphatic rings. The van der Waals surface area contributed by atoms with E-state index >= 15 is 0 Å². The lowest BCUT2D eigenvalue weighted by Gasteiger charge is -2.36. The predicted molar refractivity (Wildman–Crippen MR) is 112 cm³/mol. The summed E-state index contributed by atoms with van der Waals surface area (Å²) in [6, 6.07) is 0.523. The summed E-state index contributed by atoms with van der Waals surface area (Å²) < 4.78 is 0. The molecule has 1 fully saturated rings. The summed E-state index contributed by atoms with van der Waals surface area (Å²) >= 11 is 0. The number of guanidine groups is 1. The lowest BCUT2D eigenvalue weighted by atomic mass is 10.1. The summed E-state index contributed by atoms with van der Waals surface area (Å²) in [5.74, 6) is 1.77. The van der Waals surface area contributed by atoms with Crippen molar-refractivity contribution in [3.8, 4) is 0 Å². The Morgan fingerprint density at radius 2 is 1.91 bits per heavy atom. The van der Waals surface area contributed by atoms with Crippen molar-refractivity contribution < 1.29 is 0 Å². The first-order valence-electron chi connectivity index (χ1n) is 8.93. The summed E-state index contributed by atoms with van der Waals surface area (Å²) in [6.45, 7) is 12.9. The van der Waals surface area contributed by atoms with E-state index in [4.69, 9.17) is 4.99 Å². The zero-order chi connectivity index (χ0) is 16.4. The summed E-state index contributed by atoms with van der Waals surface area (Å²) in [4.78, 5) is 9.60. The Labute approximate surface area is 160 Å². The number of hydrogen-bond donors (Lipinski definition) is 2. The maximum atomic E-state index is 4.78. The molecule has 0 aliphatic carbocycles. The van der Waals surface area contributed by atoms with Gasteiger partial charge in [0.2, 0.25) is 0 Å².